The summed E-state index contributed by atoms with van der Waals surface area (Å²) in [6.07, 6.45) is 0. The van der Waals surface area contributed by atoms with E-state index in [9.17, 15) is 4.79 Å². The van der Waals surface area contributed by atoms with Gasteiger partial charge in [-0.3, -0.25) is 0 Å². The lowest BCUT2D eigenvalue weighted by Crippen LogP contribution is -1.90. The van der Waals surface area contributed by atoms with E-state index in [-0.39, 0.29) is 4.88 Å². The lowest BCUT2D eigenvalue weighted by molar-refractivity contribution is 0.0702. The predicted molar refractivity (Wildman–Crippen MR) is 70.2 cm³/mol. The molecular weight excluding hydrogens is 304 g/mol. The van der Waals surface area contributed by atoms with Crippen molar-refractivity contribution in [3.05, 3.63) is 44.6 Å². The summed E-state index contributed by atoms with van der Waals surface area (Å²) in [6, 6.07) is 7.24. The number of carbonyl (C=O) groups is 1. The largest absolute Gasteiger partial charge is 0.477 e. The Morgan fingerprint density at radius 3 is 2.76 bits per heavy atom. The second-order valence-corrected chi connectivity index (χ2v) is 5.25. The first kappa shape index (κ1) is 12.1. The molecule has 0 spiro atoms. The number of ether oxygens (including phenoxy) is 1. The van der Waals surface area contributed by atoms with Gasteiger partial charge in [-0.1, -0.05) is 6.07 Å². The van der Waals surface area contributed by atoms with Crippen molar-refractivity contribution < 1.29 is 14.6 Å². The zero-order valence-electron chi connectivity index (χ0n) is 8.94. The van der Waals surface area contributed by atoms with Crippen molar-refractivity contribution >= 4 is 33.2 Å². The van der Waals surface area contributed by atoms with E-state index in [4.69, 9.17) is 9.84 Å². The molecule has 0 atom stereocenters. The van der Waals surface area contributed by atoms with Crippen LogP contribution >= 0.6 is 27.3 Å². The summed E-state index contributed by atoms with van der Waals surface area (Å²) in [5.74, 6) is 0.273. The van der Waals surface area contributed by atoms with E-state index in [0.717, 1.165) is 21.4 Å². The van der Waals surface area contributed by atoms with Gasteiger partial charge in [0.2, 0.25) is 0 Å². The number of hydrogen-bond acceptors (Lipinski definition) is 3. The van der Waals surface area contributed by atoms with Crippen LogP contribution in [0.1, 0.15) is 15.2 Å². The first-order valence-electron chi connectivity index (χ1n) is 4.82. The van der Waals surface area contributed by atoms with E-state index >= 15 is 0 Å². The number of halogens is 1. The molecule has 0 aliphatic carbocycles. The Morgan fingerprint density at radius 1 is 1.41 bits per heavy atom. The van der Waals surface area contributed by atoms with Crippen LogP contribution in [0.2, 0.25) is 0 Å². The highest BCUT2D eigenvalue weighted by Crippen LogP contribution is 2.32. The molecule has 17 heavy (non-hydrogen) atoms. The summed E-state index contributed by atoms with van der Waals surface area (Å²) < 4.78 is 6.44. The number of carboxylic acid groups (broad SMARTS) is 1. The summed E-state index contributed by atoms with van der Waals surface area (Å²) in [5.41, 5.74) is 1.13. The van der Waals surface area contributed by atoms with Crippen LogP contribution in [-0.4, -0.2) is 11.1 Å². The normalized spacial score (nSPS) is 10.2. The summed E-state index contributed by atoms with van der Waals surface area (Å²) in [4.78, 5) is 11.0. The predicted octanol–water partition coefficient (Wildman–Crippen LogP) is 4.31. The van der Waals surface area contributed by atoms with Crippen LogP contribution in [0.3, 0.4) is 0 Å². The van der Waals surface area contributed by atoms with Gasteiger partial charge in [-0.2, -0.15) is 0 Å². The molecule has 0 aliphatic rings. The number of hydrogen-bond donors (Lipinski definition) is 1. The van der Waals surface area contributed by atoms with Crippen LogP contribution < -0.4 is 4.74 Å². The molecule has 5 heteroatoms. The first-order chi connectivity index (χ1) is 8.06. The Labute approximate surface area is 111 Å². The Morgan fingerprint density at radius 2 is 2.18 bits per heavy atom. The lowest BCUT2D eigenvalue weighted by atomic mass is 10.2. The third-order valence-electron chi connectivity index (χ3n) is 2.10. The summed E-state index contributed by atoms with van der Waals surface area (Å²) >= 11 is 4.55. The minimum absolute atomic E-state index is 0.267. The van der Waals surface area contributed by atoms with Gasteiger partial charge in [0.05, 0.1) is 4.47 Å². The molecule has 1 heterocycles. The molecule has 0 fully saturated rings. The third kappa shape index (κ3) is 2.87. The van der Waals surface area contributed by atoms with Gasteiger partial charge in [-0.15, -0.1) is 11.3 Å². The number of aromatic carboxylic acids is 1. The maximum atomic E-state index is 10.7. The van der Waals surface area contributed by atoms with E-state index < -0.39 is 5.97 Å². The highest BCUT2D eigenvalue weighted by atomic mass is 79.9. The lowest BCUT2D eigenvalue weighted by Gasteiger charge is -2.06. The van der Waals surface area contributed by atoms with E-state index in [2.05, 4.69) is 15.9 Å². The van der Waals surface area contributed by atoms with Crippen molar-refractivity contribution in [2.24, 2.45) is 0 Å². The second kappa shape index (κ2) is 4.89. The third-order valence-corrected chi connectivity index (χ3v) is 3.62. The molecule has 0 unspecified atom stereocenters. The van der Waals surface area contributed by atoms with Crippen LogP contribution in [0.25, 0.3) is 0 Å². The molecule has 3 nitrogen and oxygen atoms in total. The smallest absolute Gasteiger partial charge is 0.346 e. The maximum absolute atomic E-state index is 10.7. The van der Waals surface area contributed by atoms with Crippen molar-refractivity contribution in [2.75, 3.05) is 0 Å². The van der Waals surface area contributed by atoms with Crippen molar-refractivity contribution in [3.63, 3.8) is 0 Å². The second-order valence-electron chi connectivity index (χ2n) is 3.49. The van der Waals surface area contributed by atoms with Gasteiger partial charge in [-0.25, -0.2) is 4.79 Å². The fraction of sp³-hybridized carbons (Fsp3) is 0.0833. The molecule has 2 aromatic rings. The summed E-state index contributed by atoms with van der Waals surface area (Å²) in [5, 5.41) is 10.5. The molecule has 0 bridgehead atoms. The number of aryl methyl sites for hydroxylation is 1. The zero-order valence-corrected chi connectivity index (χ0v) is 11.3. The first-order valence-corrected chi connectivity index (χ1v) is 6.49. The monoisotopic (exact) mass is 312 g/mol. The molecule has 2 rings (SSSR count). The molecule has 1 N–H and O–H groups in total. The van der Waals surface area contributed by atoms with Gasteiger partial charge >= 0.3 is 5.97 Å². The highest BCUT2D eigenvalue weighted by molar-refractivity contribution is 9.10. The summed E-state index contributed by atoms with van der Waals surface area (Å²) in [7, 11) is 0. The van der Waals surface area contributed by atoms with Gasteiger partial charge in [0.25, 0.3) is 0 Å². The molecule has 1 aromatic carbocycles. The quantitative estimate of drug-likeness (QED) is 0.918. The molecule has 0 saturated heterocycles. The molecule has 0 aliphatic heterocycles. The highest BCUT2D eigenvalue weighted by Gasteiger charge is 2.09. The van der Waals surface area contributed by atoms with Crippen LogP contribution in [0.15, 0.2) is 34.1 Å². The van der Waals surface area contributed by atoms with E-state index in [0.29, 0.717) is 11.5 Å². The average Bonchev–Trinajstić information content (AvgIpc) is 2.71. The minimum Gasteiger partial charge on any atom is -0.477 e. The molecule has 1 aromatic heterocycles. The van der Waals surface area contributed by atoms with Gasteiger partial charge in [0.15, 0.2) is 0 Å². The van der Waals surface area contributed by atoms with Gasteiger partial charge in [-0.05, 0) is 40.5 Å². The SMILES string of the molecule is Cc1ccc(Oc2csc(C(=O)O)c2)c(Br)c1. The van der Waals surface area contributed by atoms with Crippen molar-refractivity contribution in [1.29, 1.82) is 0 Å². The van der Waals surface area contributed by atoms with Crippen molar-refractivity contribution in [3.8, 4) is 11.5 Å². The van der Waals surface area contributed by atoms with E-state index in [1.54, 1.807) is 5.38 Å². The minimum atomic E-state index is -0.937. The molecule has 0 saturated carbocycles. The Hall–Kier alpha value is -1.33. The molecule has 88 valence electrons. The van der Waals surface area contributed by atoms with Crippen molar-refractivity contribution in [1.82, 2.24) is 0 Å². The van der Waals surface area contributed by atoms with Crippen molar-refractivity contribution in [2.45, 2.75) is 6.92 Å². The Kier molecular flexibility index (Phi) is 3.49. The topological polar surface area (TPSA) is 46.5 Å². The average molecular weight is 313 g/mol. The van der Waals surface area contributed by atoms with Crippen LogP contribution in [0.4, 0.5) is 0 Å². The van der Waals surface area contributed by atoms with Crippen LogP contribution in [0, 0.1) is 6.92 Å². The van der Waals surface area contributed by atoms with Gasteiger partial charge in [0, 0.05) is 11.4 Å². The molecule has 0 amide bonds. The van der Waals surface area contributed by atoms with Crippen LogP contribution in [0.5, 0.6) is 11.5 Å². The number of rotatable bonds is 3. The standard InChI is InChI=1S/C12H9BrO3S/c1-7-2-3-10(9(13)4-7)16-8-5-11(12(14)15)17-6-8/h2-6H,1H3,(H,14,15). The zero-order chi connectivity index (χ0) is 12.4. The Bertz CT molecular complexity index is 563. The Balaban J connectivity index is 2.22. The van der Waals surface area contributed by atoms with E-state index in [1.165, 1.54) is 6.07 Å². The maximum Gasteiger partial charge on any atom is 0.346 e. The van der Waals surface area contributed by atoms with E-state index in [1.807, 2.05) is 25.1 Å². The van der Waals surface area contributed by atoms with Gasteiger partial charge < -0.3 is 9.84 Å². The number of thiophene rings is 1. The molecule has 0 radical (unpaired) electrons. The number of carboxylic acids is 1. The summed E-state index contributed by atoms with van der Waals surface area (Å²) in [6.45, 7) is 1.99. The van der Waals surface area contributed by atoms with Gasteiger partial charge in [0.1, 0.15) is 16.4 Å². The fourth-order valence-corrected chi connectivity index (χ4v) is 2.52. The fourth-order valence-electron chi connectivity index (χ4n) is 1.30. The van der Waals surface area contributed by atoms with Crippen LogP contribution in [-0.2, 0) is 0 Å². The number of benzene rings is 1. The molecular formula is C12H9BrO3S.